The molecule has 0 saturated heterocycles. The molecule has 0 unspecified atom stereocenters. The molecule has 25 heavy (non-hydrogen) atoms. The minimum atomic E-state index is 0.0331. The van der Waals surface area contributed by atoms with E-state index < -0.39 is 0 Å². The molecule has 0 saturated carbocycles. The molecular formula is C19H22N4OS. The van der Waals surface area contributed by atoms with Crippen molar-refractivity contribution in [3.8, 4) is 0 Å². The SMILES string of the molecule is Cc1[nH]c2c(C)ccc(C)c2c1CC(=O)NCc1cn2c(n1)SCC2. The minimum absolute atomic E-state index is 0.0331. The van der Waals surface area contributed by atoms with Crippen LogP contribution < -0.4 is 5.32 Å². The van der Waals surface area contributed by atoms with Gasteiger partial charge in [0.05, 0.1) is 18.7 Å². The molecule has 4 rings (SSSR count). The summed E-state index contributed by atoms with van der Waals surface area (Å²) in [5, 5.41) is 5.26. The molecule has 2 N–H and O–H groups in total. The van der Waals surface area contributed by atoms with Crippen LogP contribution in [-0.4, -0.2) is 26.2 Å². The van der Waals surface area contributed by atoms with E-state index in [1.807, 2.05) is 13.1 Å². The zero-order valence-electron chi connectivity index (χ0n) is 14.8. The third-order valence-corrected chi connectivity index (χ3v) is 5.82. The second-order valence-corrected chi connectivity index (χ2v) is 7.75. The number of aromatic amines is 1. The van der Waals surface area contributed by atoms with Gasteiger partial charge in [-0.3, -0.25) is 4.79 Å². The van der Waals surface area contributed by atoms with Gasteiger partial charge in [-0.15, -0.1) is 0 Å². The molecule has 3 aromatic rings. The Morgan fingerprint density at radius 3 is 2.92 bits per heavy atom. The zero-order chi connectivity index (χ0) is 17.6. The van der Waals surface area contributed by atoms with Crippen LogP contribution in [-0.2, 0) is 24.3 Å². The lowest BCUT2D eigenvalue weighted by atomic mass is 10.0. The van der Waals surface area contributed by atoms with E-state index >= 15 is 0 Å². The number of thioether (sulfide) groups is 1. The van der Waals surface area contributed by atoms with Gasteiger partial charge < -0.3 is 14.9 Å². The van der Waals surface area contributed by atoms with Gasteiger partial charge in [0, 0.05) is 35.1 Å². The Bertz CT molecular complexity index is 948. The van der Waals surface area contributed by atoms with E-state index in [2.05, 4.69) is 45.8 Å². The Morgan fingerprint density at radius 2 is 2.12 bits per heavy atom. The highest BCUT2D eigenvalue weighted by Crippen LogP contribution is 2.28. The van der Waals surface area contributed by atoms with Gasteiger partial charge in [-0.1, -0.05) is 23.9 Å². The second kappa shape index (κ2) is 6.26. The van der Waals surface area contributed by atoms with Crippen molar-refractivity contribution in [3.63, 3.8) is 0 Å². The van der Waals surface area contributed by atoms with Crippen LogP contribution in [0.15, 0.2) is 23.5 Å². The fourth-order valence-electron chi connectivity index (χ4n) is 3.49. The number of nitrogens with one attached hydrogen (secondary N) is 2. The number of fused-ring (bicyclic) bond motifs is 2. The summed E-state index contributed by atoms with van der Waals surface area (Å²) in [4.78, 5) is 20.5. The molecule has 0 bridgehead atoms. The number of hydrogen-bond donors (Lipinski definition) is 2. The Morgan fingerprint density at radius 1 is 1.32 bits per heavy atom. The summed E-state index contributed by atoms with van der Waals surface area (Å²) in [7, 11) is 0. The molecule has 130 valence electrons. The smallest absolute Gasteiger partial charge is 0.224 e. The molecule has 3 heterocycles. The standard InChI is InChI=1S/C19H22N4OS/c1-11-4-5-12(2)18-17(11)15(13(3)21-18)8-16(24)20-9-14-10-23-6-7-25-19(23)22-14/h4-5,10,21H,6-9H2,1-3H3,(H,20,24). The number of imidazole rings is 1. The van der Waals surface area contributed by atoms with Crippen molar-refractivity contribution in [2.24, 2.45) is 0 Å². The Kier molecular flexibility index (Phi) is 4.07. The summed E-state index contributed by atoms with van der Waals surface area (Å²) in [6, 6.07) is 4.24. The number of aryl methyl sites for hydroxylation is 4. The fourth-order valence-corrected chi connectivity index (χ4v) is 4.45. The topological polar surface area (TPSA) is 62.7 Å². The summed E-state index contributed by atoms with van der Waals surface area (Å²) in [6.07, 6.45) is 2.43. The molecule has 0 radical (unpaired) electrons. The van der Waals surface area contributed by atoms with Crippen LogP contribution >= 0.6 is 11.8 Å². The molecule has 2 aromatic heterocycles. The Hall–Kier alpha value is -2.21. The average Bonchev–Trinajstić information content (AvgIpc) is 3.24. The largest absolute Gasteiger partial charge is 0.358 e. The van der Waals surface area contributed by atoms with Crippen LogP contribution in [0.25, 0.3) is 10.9 Å². The van der Waals surface area contributed by atoms with E-state index in [1.54, 1.807) is 11.8 Å². The lowest BCUT2D eigenvalue weighted by molar-refractivity contribution is -0.120. The number of hydrogen-bond acceptors (Lipinski definition) is 3. The number of H-pyrrole nitrogens is 1. The van der Waals surface area contributed by atoms with Crippen LogP contribution in [0.3, 0.4) is 0 Å². The summed E-state index contributed by atoms with van der Waals surface area (Å²) in [5.41, 5.74) is 6.65. The van der Waals surface area contributed by atoms with E-state index in [4.69, 9.17) is 0 Å². The first kappa shape index (κ1) is 16.3. The van der Waals surface area contributed by atoms with Crippen molar-refractivity contribution in [1.82, 2.24) is 19.9 Å². The van der Waals surface area contributed by atoms with Crippen LogP contribution in [0.5, 0.6) is 0 Å². The predicted molar refractivity (Wildman–Crippen MR) is 101 cm³/mol. The van der Waals surface area contributed by atoms with Gasteiger partial charge in [0.15, 0.2) is 5.16 Å². The number of amides is 1. The molecule has 5 nitrogen and oxygen atoms in total. The van der Waals surface area contributed by atoms with Gasteiger partial charge in [-0.25, -0.2) is 4.98 Å². The Balaban J connectivity index is 1.50. The van der Waals surface area contributed by atoms with Crippen molar-refractivity contribution >= 4 is 28.6 Å². The number of aromatic nitrogens is 3. The van der Waals surface area contributed by atoms with Gasteiger partial charge in [0.2, 0.25) is 5.91 Å². The van der Waals surface area contributed by atoms with E-state index in [1.165, 1.54) is 16.5 Å². The molecule has 1 aliphatic rings. The maximum absolute atomic E-state index is 12.5. The minimum Gasteiger partial charge on any atom is -0.358 e. The predicted octanol–water partition coefficient (Wildman–Crippen LogP) is 3.25. The molecule has 0 spiro atoms. The number of nitrogens with zero attached hydrogens (tertiary/aromatic N) is 2. The van der Waals surface area contributed by atoms with Gasteiger partial charge in [0.25, 0.3) is 0 Å². The quantitative estimate of drug-likeness (QED) is 0.756. The second-order valence-electron chi connectivity index (χ2n) is 6.69. The van der Waals surface area contributed by atoms with Gasteiger partial charge in [0.1, 0.15) is 0 Å². The van der Waals surface area contributed by atoms with Crippen molar-refractivity contribution in [2.75, 3.05) is 5.75 Å². The number of rotatable bonds is 4. The highest BCUT2D eigenvalue weighted by atomic mass is 32.2. The molecule has 0 fully saturated rings. The summed E-state index contributed by atoms with van der Waals surface area (Å²) >= 11 is 1.77. The van der Waals surface area contributed by atoms with E-state index in [-0.39, 0.29) is 5.91 Å². The molecule has 1 amide bonds. The third-order valence-electron chi connectivity index (χ3n) is 4.85. The van der Waals surface area contributed by atoms with Crippen LogP contribution in [0.1, 0.15) is 28.1 Å². The van der Waals surface area contributed by atoms with Crippen LogP contribution in [0, 0.1) is 20.8 Å². The first-order chi connectivity index (χ1) is 12.0. The van der Waals surface area contributed by atoms with E-state index in [9.17, 15) is 4.79 Å². The maximum atomic E-state index is 12.5. The molecule has 6 heteroatoms. The van der Waals surface area contributed by atoms with Crippen molar-refractivity contribution < 1.29 is 4.79 Å². The summed E-state index contributed by atoms with van der Waals surface area (Å²) in [6.45, 7) is 7.73. The van der Waals surface area contributed by atoms with Gasteiger partial charge in [-0.05, 0) is 37.5 Å². The van der Waals surface area contributed by atoms with Crippen molar-refractivity contribution in [3.05, 3.63) is 46.4 Å². The Labute approximate surface area is 151 Å². The van der Waals surface area contributed by atoms with Crippen molar-refractivity contribution in [2.45, 2.75) is 45.4 Å². The normalized spacial score (nSPS) is 13.4. The van der Waals surface area contributed by atoms with Crippen molar-refractivity contribution in [1.29, 1.82) is 0 Å². The number of benzene rings is 1. The summed E-state index contributed by atoms with van der Waals surface area (Å²) in [5.74, 6) is 1.12. The number of carbonyl (C=O) groups excluding carboxylic acids is 1. The first-order valence-corrected chi connectivity index (χ1v) is 9.54. The molecule has 0 atom stereocenters. The fraction of sp³-hybridized carbons (Fsp3) is 0.368. The van der Waals surface area contributed by atoms with Crippen LogP contribution in [0.4, 0.5) is 0 Å². The van der Waals surface area contributed by atoms with E-state index in [0.29, 0.717) is 13.0 Å². The van der Waals surface area contributed by atoms with Gasteiger partial charge >= 0.3 is 0 Å². The van der Waals surface area contributed by atoms with Crippen LogP contribution in [0.2, 0.25) is 0 Å². The maximum Gasteiger partial charge on any atom is 0.224 e. The third kappa shape index (κ3) is 2.95. The molecule has 1 aliphatic heterocycles. The molecule has 1 aromatic carbocycles. The zero-order valence-corrected chi connectivity index (χ0v) is 15.6. The lowest BCUT2D eigenvalue weighted by Crippen LogP contribution is -2.25. The summed E-state index contributed by atoms with van der Waals surface area (Å²) < 4.78 is 2.15. The first-order valence-electron chi connectivity index (χ1n) is 8.56. The number of carbonyl (C=O) groups is 1. The lowest BCUT2D eigenvalue weighted by Gasteiger charge is -2.06. The molecular weight excluding hydrogens is 332 g/mol. The average molecular weight is 354 g/mol. The monoisotopic (exact) mass is 354 g/mol. The molecule has 0 aliphatic carbocycles. The highest BCUT2D eigenvalue weighted by molar-refractivity contribution is 7.99. The van der Waals surface area contributed by atoms with E-state index in [0.717, 1.165) is 39.9 Å². The highest BCUT2D eigenvalue weighted by Gasteiger charge is 2.17. The van der Waals surface area contributed by atoms with Gasteiger partial charge in [-0.2, -0.15) is 0 Å².